The summed E-state index contributed by atoms with van der Waals surface area (Å²) in [5.74, 6) is -3.33. The lowest BCUT2D eigenvalue weighted by molar-refractivity contribution is -0.312. The Hall–Kier alpha value is -2.84. The third kappa shape index (κ3) is 10.8. The molecule has 15 heteroatoms. The molecule has 1 aromatic rings. The van der Waals surface area contributed by atoms with Crippen molar-refractivity contribution in [3.8, 4) is 12.3 Å². The average Bonchev–Trinajstić information content (AvgIpc) is 2.93. The summed E-state index contributed by atoms with van der Waals surface area (Å²) < 4.78 is 21.4. The van der Waals surface area contributed by atoms with Crippen LogP contribution in [0.5, 0.6) is 0 Å². The highest BCUT2D eigenvalue weighted by Crippen LogP contribution is 2.33. The number of aliphatic carboxylic acids is 1. The Kier molecular flexibility index (Phi) is 14.4. The molecule has 1 saturated heterocycles. The first-order valence-corrected chi connectivity index (χ1v) is 13.0. The van der Waals surface area contributed by atoms with Crippen molar-refractivity contribution in [1.82, 2.24) is 10.6 Å². The van der Waals surface area contributed by atoms with Crippen molar-refractivity contribution in [2.45, 2.75) is 49.1 Å². The minimum Gasteiger partial charge on any atom is -0.477 e. The van der Waals surface area contributed by atoms with E-state index in [1.165, 1.54) is 0 Å². The van der Waals surface area contributed by atoms with E-state index in [2.05, 4.69) is 16.6 Å². The molecule has 0 saturated carbocycles. The minimum absolute atomic E-state index is 0.0781. The second kappa shape index (κ2) is 17.2. The second-order valence-electron chi connectivity index (χ2n) is 9.05. The lowest BCUT2D eigenvalue weighted by Gasteiger charge is -2.46. The number of nitrogens with one attached hydrogen (secondary N) is 2. The van der Waals surface area contributed by atoms with E-state index in [-0.39, 0.29) is 39.5 Å². The third-order valence-electron chi connectivity index (χ3n) is 5.98. The summed E-state index contributed by atoms with van der Waals surface area (Å²) in [5, 5.41) is 56.5. The van der Waals surface area contributed by atoms with E-state index in [1.807, 2.05) is 0 Å². The molecule has 0 bridgehead atoms. The molecule has 1 fully saturated rings. The summed E-state index contributed by atoms with van der Waals surface area (Å²) in [6.07, 6.45) is -2.77. The number of benzene rings is 1. The zero-order valence-corrected chi connectivity index (χ0v) is 22.9. The average molecular weight is 603 g/mol. The fourth-order valence-corrected chi connectivity index (χ4v) is 4.23. The number of hydrogen-bond acceptors (Lipinski definition) is 11. The monoisotopic (exact) mass is 602 g/mol. The molecular formula is C26H35ClN2O12. The van der Waals surface area contributed by atoms with Gasteiger partial charge in [0.1, 0.15) is 25.4 Å². The first kappa shape index (κ1) is 34.4. The summed E-state index contributed by atoms with van der Waals surface area (Å²) in [6.45, 7) is -1.44. The highest BCUT2D eigenvalue weighted by atomic mass is 35.5. The maximum Gasteiger partial charge on any atom is 0.364 e. The Morgan fingerprint density at radius 3 is 2.54 bits per heavy atom. The molecule has 1 aliphatic rings. The van der Waals surface area contributed by atoms with Crippen LogP contribution in [0.1, 0.15) is 12.0 Å². The number of halogens is 1. The van der Waals surface area contributed by atoms with Gasteiger partial charge in [-0.1, -0.05) is 29.7 Å². The summed E-state index contributed by atoms with van der Waals surface area (Å²) in [7, 11) is 0. The van der Waals surface area contributed by atoms with Gasteiger partial charge in [-0.05, 0) is 17.7 Å². The number of carboxylic acids is 1. The molecule has 14 nitrogen and oxygen atoms in total. The summed E-state index contributed by atoms with van der Waals surface area (Å²) in [4.78, 5) is 36.4. The number of carboxylic acid groups (broad SMARTS) is 1. The smallest absolute Gasteiger partial charge is 0.364 e. The number of amides is 2. The fourth-order valence-electron chi connectivity index (χ4n) is 4.02. The number of ether oxygens (including phenoxy) is 4. The van der Waals surface area contributed by atoms with Crippen LogP contribution >= 0.6 is 11.6 Å². The van der Waals surface area contributed by atoms with Gasteiger partial charge >= 0.3 is 5.97 Å². The first-order valence-electron chi connectivity index (χ1n) is 12.6. The van der Waals surface area contributed by atoms with Gasteiger partial charge < -0.3 is 55.1 Å². The zero-order chi connectivity index (χ0) is 30.4. The van der Waals surface area contributed by atoms with Gasteiger partial charge in [0, 0.05) is 18.0 Å². The number of aliphatic hydroxyl groups is 4. The summed E-state index contributed by atoms with van der Waals surface area (Å²) in [5.41, 5.74) is 0.600. The predicted molar refractivity (Wildman–Crippen MR) is 141 cm³/mol. The standard InChI is InChI=1S/C26H35ClN2O12/c1-2-6-38-7-8-39-9-10-40-26(25(36)37)13-18(31)22(29-21(34)15-30)24(41-26)23(35)19(32)14-28-20(33)12-16-4-3-5-17(27)11-16/h1,3-5,11,18-19,22-24,30-32,35H,6-10,12-15H2,(H,28,33)(H,29,34)(H,36,37)/t18-,19+,22+,23+,24+,26+/m0/s1. The Labute approximate surface area is 241 Å². The maximum absolute atomic E-state index is 12.3. The van der Waals surface area contributed by atoms with Crippen LogP contribution in [0.15, 0.2) is 24.3 Å². The van der Waals surface area contributed by atoms with Gasteiger partial charge in [0.15, 0.2) is 0 Å². The maximum atomic E-state index is 12.3. The van der Waals surface area contributed by atoms with Crippen molar-refractivity contribution >= 4 is 29.4 Å². The van der Waals surface area contributed by atoms with Crippen LogP contribution in [0.2, 0.25) is 5.02 Å². The number of aliphatic hydroxyl groups excluding tert-OH is 4. The molecular weight excluding hydrogens is 568 g/mol. The molecule has 1 aliphatic heterocycles. The molecule has 1 aromatic carbocycles. The molecule has 228 valence electrons. The Morgan fingerprint density at radius 1 is 1.17 bits per heavy atom. The highest BCUT2D eigenvalue weighted by molar-refractivity contribution is 6.30. The topological polar surface area (TPSA) is 213 Å². The van der Waals surface area contributed by atoms with Crippen molar-refractivity contribution in [3.63, 3.8) is 0 Å². The molecule has 0 aromatic heterocycles. The van der Waals surface area contributed by atoms with Gasteiger partial charge in [0.05, 0.1) is 51.1 Å². The molecule has 1 heterocycles. The normalized spacial score (nSPS) is 23.7. The van der Waals surface area contributed by atoms with Crippen LogP contribution in [0.4, 0.5) is 0 Å². The lowest BCUT2D eigenvalue weighted by atomic mass is 9.88. The van der Waals surface area contributed by atoms with Gasteiger partial charge in [-0.15, -0.1) is 6.42 Å². The van der Waals surface area contributed by atoms with Crippen molar-refractivity contribution < 1.29 is 58.9 Å². The quantitative estimate of drug-likeness (QED) is 0.0748. The van der Waals surface area contributed by atoms with Gasteiger partial charge in [0.25, 0.3) is 5.79 Å². The van der Waals surface area contributed by atoms with Crippen molar-refractivity contribution in [2.24, 2.45) is 0 Å². The number of terminal acetylenes is 1. The van der Waals surface area contributed by atoms with E-state index in [0.29, 0.717) is 10.6 Å². The Morgan fingerprint density at radius 2 is 1.88 bits per heavy atom. The minimum atomic E-state index is -2.50. The fraction of sp³-hybridized carbons (Fsp3) is 0.577. The molecule has 2 rings (SSSR count). The molecule has 0 aliphatic carbocycles. The van der Waals surface area contributed by atoms with Crippen LogP contribution < -0.4 is 10.6 Å². The first-order chi connectivity index (χ1) is 19.5. The number of carbonyl (C=O) groups is 3. The van der Waals surface area contributed by atoms with Gasteiger partial charge in [-0.2, -0.15) is 0 Å². The van der Waals surface area contributed by atoms with Gasteiger partial charge in [-0.25, -0.2) is 4.79 Å². The molecule has 0 radical (unpaired) electrons. The molecule has 0 spiro atoms. The SMILES string of the molecule is C#CCOCCOCCO[C@]1(C(=O)O)C[C@H](O)[C@@H](NC(=O)CO)[C@H]([C@H](O)[C@H](O)CNC(=O)Cc2cccc(Cl)c2)O1. The summed E-state index contributed by atoms with van der Waals surface area (Å²) >= 11 is 5.92. The van der Waals surface area contributed by atoms with E-state index >= 15 is 0 Å². The van der Waals surface area contributed by atoms with Crippen LogP contribution in [0, 0.1) is 12.3 Å². The van der Waals surface area contributed by atoms with Crippen LogP contribution in [0.3, 0.4) is 0 Å². The van der Waals surface area contributed by atoms with Crippen LogP contribution in [-0.4, -0.2) is 126 Å². The summed E-state index contributed by atoms with van der Waals surface area (Å²) in [6, 6.07) is 5.10. The predicted octanol–water partition coefficient (Wildman–Crippen LogP) is -2.19. The molecule has 2 amide bonds. The number of carbonyl (C=O) groups excluding carboxylic acids is 2. The van der Waals surface area contributed by atoms with E-state index < -0.39 is 73.6 Å². The second-order valence-corrected chi connectivity index (χ2v) is 9.49. The van der Waals surface area contributed by atoms with Gasteiger partial charge in [0.2, 0.25) is 11.8 Å². The Balaban J connectivity index is 2.08. The van der Waals surface area contributed by atoms with Gasteiger partial charge in [-0.3, -0.25) is 9.59 Å². The van der Waals surface area contributed by atoms with Crippen molar-refractivity contribution in [3.05, 3.63) is 34.9 Å². The van der Waals surface area contributed by atoms with Crippen LogP contribution in [-0.2, 0) is 39.8 Å². The highest BCUT2D eigenvalue weighted by Gasteiger charge is 2.55. The van der Waals surface area contributed by atoms with Crippen LogP contribution in [0.25, 0.3) is 0 Å². The van der Waals surface area contributed by atoms with E-state index in [0.717, 1.165) is 0 Å². The lowest BCUT2D eigenvalue weighted by Crippen LogP contribution is -2.68. The van der Waals surface area contributed by atoms with Crippen molar-refractivity contribution in [1.29, 1.82) is 0 Å². The molecule has 7 N–H and O–H groups in total. The molecule has 0 unspecified atom stereocenters. The number of hydrogen-bond donors (Lipinski definition) is 7. The number of rotatable bonds is 17. The van der Waals surface area contributed by atoms with E-state index in [1.54, 1.807) is 24.3 Å². The Bertz CT molecular complexity index is 1050. The molecule has 41 heavy (non-hydrogen) atoms. The molecule has 6 atom stereocenters. The van der Waals surface area contributed by atoms with E-state index in [9.17, 15) is 34.8 Å². The third-order valence-corrected chi connectivity index (χ3v) is 6.22. The largest absolute Gasteiger partial charge is 0.477 e. The van der Waals surface area contributed by atoms with E-state index in [4.69, 9.17) is 42.1 Å². The van der Waals surface area contributed by atoms with Crippen molar-refractivity contribution in [2.75, 3.05) is 46.2 Å². The zero-order valence-electron chi connectivity index (χ0n) is 22.1.